The molecule has 6 nitrogen and oxygen atoms in total. The molecule has 0 radical (unpaired) electrons. The minimum atomic E-state index is -1.18. The Morgan fingerprint density at radius 1 is 1.42 bits per heavy atom. The van der Waals surface area contributed by atoms with Crippen LogP contribution in [0.2, 0.25) is 0 Å². The molecule has 2 aromatic rings. The van der Waals surface area contributed by atoms with E-state index in [2.05, 4.69) is 21.0 Å². The fraction of sp³-hybridized carbons (Fsp3) is 0.182. The van der Waals surface area contributed by atoms with Gasteiger partial charge in [-0.25, -0.2) is 13.9 Å². The summed E-state index contributed by atoms with van der Waals surface area (Å²) in [6, 6.07) is 6.03. The van der Waals surface area contributed by atoms with Crippen LogP contribution in [0.5, 0.6) is 0 Å². The smallest absolute Gasteiger partial charge is 0.347 e. The Morgan fingerprint density at radius 3 is 2.74 bits per heavy atom. The maximum atomic E-state index is 13.5. The van der Waals surface area contributed by atoms with E-state index in [-0.39, 0.29) is 11.3 Å². The molecule has 8 heteroatoms. The molecule has 0 saturated carbocycles. The number of rotatable bonds is 4. The monoisotopic (exact) mass is 329 g/mol. The molecule has 0 amide bonds. The van der Waals surface area contributed by atoms with Crippen LogP contribution < -0.4 is 5.69 Å². The summed E-state index contributed by atoms with van der Waals surface area (Å²) in [5.74, 6) is -1.61. The van der Waals surface area contributed by atoms with Gasteiger partial charge in [0.15, 0.2) is 0 Å². The van der Waals surface area contributed by atoms with Gasteiger partial charge in [0, 0.05) is 5.56 Å². The number of carbonyl (C=O) groups is 1. The Balaban J connectivity index is 2.36. The number of aliphatic carboxylic acids is 1. The Hall–Kier alpha value is -1.96. The predicted molar refractivity (Wildman–Crippen MR) is 67.3 cm³/mol. The van der Waals surface area contributed by atoms with Crippen LogP contribution in [-0.4, -0.2) is 25.4 Å². The van der Waals surface area contributed by atoms with Crippen molar-refractivity contribution in [1.82, 2.24) is 14.3 Å². The fourth-order valence-corrected chi connectivity index (χ4v) is 2.04. The van der Waals surface area contributed by atoms with Crippen LogP contribution in [0.25, 0.3) is 0 Å². The zero-order valence-electron chi connectivity index (χ0n) is 9.58. The van der Waals surface area contributed by atoms with Crippen LogP contribution in [0.1, 0.15) is 5.56 Å². The average Bonchev–Trinajstić information content (AvgIpc) is 2.59. The van der Waals surface area contributed by atoms with E-state index in [4.69, 9.17) is 5.11 Å². The van der Waals surface area contributed by atoms with Crippen molar-refractivity contribution in [2.24, 2.45) is 0 Å². The molecular formula is C11H9BrFN3O3. The Kier molecular flexibility index (Phi) is 3.79. The Morgan fingerprint density at radius 2 is 2.11 bits per heavy atom. The van der Waals surface area contributed by atoms with E-state index in [1.54, 1.807) is 18.2 Å². The highest BCUT2D eigenvalue weighted by atomic mass is 79.9. The van der Waals surface area contributed by atoms with E-state index >= 15 is 0 Å². The van der Waals surface area contributed by atoms with E-state index in [1.807, 2.05) is 0 Å². The van der Waals surface area contributed by atoms with Crippen LogP contribution in [0.15, 0.2) is 33.8 Å². The van der Waals surface area contributed by atoms with Crippen LogP contribution in [0.4, 0.5) is 4.39 Å². The molecule has 0 atom stereocenters. The highest BCUT2D eigenvalue weighted by Crippen LogP contribution is 2.11. The summed E-state index contributed by atoms with van der Waals surface area (Å²) in [6.07, 6.45) is 0. The molecule has 100 valence electrons. The maximum absolute atomic E-state index is 13.5. The molecule has 0 unspecified atom stereocenters. The van der Waals surface area contributed by atoms with Crippen LogP contribution in [-0.2, 0) is 17.9 Å². The van der Waals surface area contributed by atoms with E-state index < -0.39 is 24.0 Å². The summed E-state index contributed by atoms with van der Waals surface area (Å²) >= 11 is 3.06. The van der Waals surface area contributed by atoms with Crippen molar-refractivity contribution in [3.8, 4) is 0 Å². The van der Waals surface area contributed by atoms with Crippen LogP contribution >= 0.6 is 15.9 Å². The summed E-state index contributed by atoms with van der Waals surface area (Å²) < 4.78 is 15.6. The second-order valence-corrected chi connectivity index (χ2v) is 4.49. The average molecular weight is 330 g/mol. The van der Waals surface area contributed by atoms with Gasteiger partial charge < -0.3 is 5.11 Å². The van der Waals surface area contributed by atoms with Gasteiger partial charge in [0.1, 0.15) is 12.4 Å². The van der Waals surface area contributed by atoms with E-state index in [0.29, 0.717) is 5.56 Å². The van der Waals surface area contributed by atoms with Crippen molar-refractivity contribution in [2.75, 3.05) is 0 Å². The Labute approximate surface area is 115 Å². The van der Waals surface area contributed by atoms with Crippen molar-refractivity contribution in [3.63, 3.8) is 0 Å². The summed E-state index contributed by atoms with van der Waals surface area (Å²) in [6.45, 7) is -0.562. The molecule has 0 saturated heterocycles. The number of hydrogen-bond donors (Lipinski definition) is 1. The number of carboxylic acid groups (broad SMARTS) is 1. The van der Waals surface area contributed by atoms with E-state index in [1.165, 1.54) is 6.07 Å². The zero-order chi connectivity index (χ0) is 14.0. The van der Waals surface area contributed by atoms with Crippen molar-refractivity contribution >= 4 is 21.9 Å². The first-order chi connectivity index (χ1) is 8.99. The molecule has 0 bridgehead atoms. The first-order valence-electron chi connectivity index (χ1n) is 5.27. The molecule has 1 aromatic carbocycles. The molecule has 1 aromatic heterocycles. The van der Waals surface area contributed by atoms with Gasteiger partial charge in [-0.1, -0.05) is 18.2 Å². The topological polar surface area (TPSA) is 77.1 Å². The minimum Gasteiger partial charge on any atom is -0.480 e. The number of halogens is 2. The van der Waals surface area contributed by atoms with Crippen molar-refractivity contribution in [3.05, 3.63) is 50.9 Å². The summed E-state index contributed by atoms with van der Waals surface area (Å²) in [5.41, 5.74) is -0.294. The van der Waals surface area contributed by atoms with Gasteiger partial charge in [0.25, 0.3) is 0 Å². The summed E-state index contributed by atoms with van der Waals surface area (Å²) in [4.78, 5) is 22.5. The minimum absolute atomic E-state index is 0.0221. The summed E-state index contributed by atoms with van der Waals surface area (Å²) in [5, 5.41) is 12.4. The number of benzene rings is 1. The first kappa shape index (κ1) is 13.5. The zero-order valence-corrected chi connectivity index (χ0v) is 11.2. The van der Waals surface area contributed by atoms with Gasteiger partial charge in [-0.15, -0.1) is 5.10 Å². The van der Waals surface area contributed by atoms with Gasteiger partial charge in [-0.2, -0.15) is 0 Å². The van der Waals surface area contributed by atoms with Gasteiger partial charge in [0.05, 0.1) is 6.54 Å². The molecule has 0 aliphatic rings. The molecule has 0 spiro atoms. The first-order valence-corrected chi connectivity index (χ1v) is 6.06. The molecular weight excluding hydrogens is 321 g/mol. The molecule has 0 aliphatic heterocycles. The largest absolute Gasteiger partial charge is 0.480 e. The second-order valence-electron chi connectivity index (χ2n) is 3.78. The lowest BCUT2D eigenvalue weighted by Gasteiger charge is -2.03. The maximum Gasteiger partial charge on any atom is 0.347 e. The number of aromatic nitrogens is 3. The molecule has 0 fully saturated rings. The Bertz CT molecular complexity index is 680. The number of carboxylic acids is 1. The van der Waals surface area contributed by atoms with Gasteiger partial charge in [0.2, 0.25) is 4.73 Å². The normalized spacial score (nSPS) is 10.6. The molecule has 0 aliphatic carbocycles. The van der Waals surface area contributed by atoms with Gasteiger partial charge >= 0.3 is 11.7 Å². The molecule has 19 heavy (non-hydrogen) atoms. The van der Waals surface area contributed by atoms with Gasteiger partial charge in [-0.05, 0) is 22.0 Å². The van der Waals surface area contributed by atoms with Crippen molar-refractivity contribution in [2.45, 2.75) is 13.1 Å². The highest BCUT2D eigenvalue weighted by molar-refractivity contribution is 9.10. The molecule has 1 N–H and O–H groups in total. The number of nitrogens with zero attached hydrogens (tertiary/aromatic N) is 3. The van der Waals surface area contributed by atoms with Crippen LogP contribution in [0, 0.1) is 5.82 Å². The lowest BCUT2D eigenvalue weighted by atomic mass is 10.2. The SMILES string of the molecule is O=C(O)Cn1nc(Br)n(Cc2ccccc2F)c1=O. The van der Waals surface area contributed by atoms with E-state index in [0.717, 1.165) is 9.25 Å². The molecule has 2 rings (SSSR count). The lowest BCUT2D eigenvalue weighted by Crippen LogP contribution is -2.28. The standard InChI is InChI=1S/C11H9BrFN3O3/c12-10-14-16(6-9(17)18)11(19)15(10)5-7-3-1-2-4-8(7)13/h1-4H,5-6H2,(H,17,18). The van der Waals surface area contributed by atoms with Gasteiger partial charge in [-0.3, -0.25) is 9.36 Å². The lowest BCUT2D eigenvalue weighted by molar-refractivity contribution is -0.137. The highest BCUT2D eigenvalue weighted by Gasteiger charge is 2.14. The summed E-state index contributed by atoms with van der Waals surface area (Å²) in [7, 11) is 0. The fourth-order valence-electron chi connectivity index (χ4n) is 1.58. The van der Waals surface area contributed by atoms with Crippen LogP contribution in [0.3, 0.4) is 0 Å². The molecule has 1 heterocycles. The third kappa shape index (κ3) is 2.90. The van der Waals surface area contributed by atoms with Crippen molar-refractivity contribution < 1.29 is 14.3 Å². The second kappa shape index (κ2) is 5.35. The third-order valence-corrected chi connectivity index (χ3v) is 3.04. The van der Waals surface area contributed by atoms with Crippen molar-refractivity contribution in [1.29, 1.82) is 0 Å². The predicted octanol–water partition coefficient (Wildman–Crippen LogP) is 1.08. The third-order valence-electron chi connectivity index (χ3n) is 2.45. The quantitative estimate of drug-likeness (QED) is 0.910. The number of hydrogen-bond acceptors (Lipinski definition) is 3. The van der Waals surface area contributed by atoms with E-state index in [9.17, 15) is 14.0 Å².